The van der Waals surface area contributed by atoms with Gasteiger partial charge >= 0.3 is 6.09 Å². The van der Waals surface area contributed by atoms with Crippen LogP contribution < -0.4 is 10.1 Å². The first-order valence-corrected chi connectivity index (χ1v) is 16.6. The van der Waals surface area contributed by atoms with Gasteiger partial charge in [-0.3, -0.25) is 4.79 Å². The number of aromatic amines is 1. The Morgan fingerprint density at radius 3 is 2.57 bits per heavy atom. The monoisotopic (exact) mass is 694 g/mol. The Kier molecular flexibility index (Phi) is 8.99. The SMILES string of the molecule is C[C@@H](c1ccc(Cl)cc1)n1cnc(-c2ccccc2)c1-c1c(C(=O)Nc2cccnc2OC[C@@H]2CCCN2C(=O)O)[nH]c2cc(Cl)ccc12. The lowest BCUT2D eigenvalue weighted by Crippen LogP contribution is -2.38. The van der Waals surface area contributed by atoms with Crippen LogP contribution in [0.2, 0.25) is 10.0 Å². The highest BCUT2D eigenvalue weighted by Crippen LogP contribution is 2.41. The molecule has 0 radical (unpaired) electrons. The topological polar surface area (TPSA) is 125 Å². The second-order valence-electron chi connectivity index (χ2n) is 11.9. The Morgan fingerprint density at radius 2 is 1.80 bits per heavy atom. The van der Waals surface area contributed by atoms with Crippen LogP contribution in [0.15, 0.2) is 97.5 Å². The van der Waals surface area contributed by atoms with Crippen LogP contribution in [0.25, 0.3) is 33.4 Å². The quantitative estimate of drug-likeness (QED) is 0.139. The van der Waals surface area contributed by atoms with Crippen molar-refractivity contribution in [2.24, 2.45) is 0 Å². The Bertz CT molecular complexity index is 2150. The highest BCUT2D eigenvalue weighted by molar-refractivity contribution is 6.31. The van der Waals surface area contributed by atoms with E-state index >= 15 is 0 Å². The average molecular weight is 696 g/mol. The lowest BCUT2D eigenvalue weighted by molar-refractivity contribution is 0.102. The summed E-state index contributed by atoms with van der Waals surface area (Å²) in [6.45, 7) is 2.65. The second kappa shape index (κ2) is 13.7. The molecule has 0 bridgehead atoms. The van der Waals surface area contributed by atoms with E-state index in [4.69, 9.17) is 32.9 Å². The maximum Gasteiger partial charge on any atom is 0.407 e. The van der Waals surface area contributed by atoms with Gasteiger partial charge in [-0.2, -0.15) is 0 Å². The number of likely N-dealkylation sites (tertiary alicyclic amines) is 1. The number of aromatic nitrogens is 4. The molecule has 3 aromatic heterocycles. The van der Waals surface area contributed by atoms with Crippen LogP contribution >= 0.6 is 23.2 Å². The molecule has 3 N–H and O–H groups in total. The molecule has 1 saturated heterocycles. The number of carboxylic acid groups (broad SMARTS) is 1. The number of halogens is 2. The lowest BCUT2D eigenvalue weighted by Gasteiger charge is -2.22. The van der Waals surface area contributed by atoms with Gasteiger partial charge in [0.2, 0.25) is 5.88 Å². The number of amides is 2. The molecule has 0 saturated carbocycles. The minimum Gasteiger partial charge on any atom is -0.474 e. The largest absolute Gasteiger partial charge is 0.474 e. The number of carbonyl (C=O) groups excluding carboxylic acids is 1. The fourth-order valence-electron chi connectivity index (χ4n) is 6.42. The van der Waals surface area contributed by atoms with E-state index in [2.05, 4.69) is 26.8 Å². The number of imidazole rings is 1. The molecule has 7 rings (SSSR count). The zero-order valence-electron chi connectivity index (χ0n) is 26.4. The molecular weight excluding hydrogens is 663 g/mol. The number of fused-ring (bicyclic) bond motifs is 1. The van der Waals surface area contributed by atoms with Crippen molar-refractivity contribution >= 4 is 51.8 Å². The van der Waals surface area contributed by atoms with Crippen molar-refractivity contribution in [3.05, 3.63) is 119 Å². The standard InChI is InChI=1S/C37H32Cl2N6O4/c1-22(23-11-13-25(38)14-12-23)45-21-41-32(24-7-3-2-4-8-24)34(45)31-28-16-15-26(39)19-30(28)42-33(31)35(46)43-29-10-5-17-40-36(29)49-20-27-9-6-18-44(27)37(47)48/h2-5,7-8,10-17,19,21-22,27,42H,6,9,18,20H2,1H3,(H,43,46)(H,47,48)/t22-,27-/m0/s1. The van der Waals surface area contributed by atoms with Crippen molar-refractivity contribution in [1.29, 1.82) is 0 Å². The number of anilines is 1. The molecule has 0 aliphatic carbocycles. The maximum atomic E-state index is 14.4. The molecule has 2 atom stereocenters. The van der Waals surface area contributed by atoms with E-state index in [1.165, 1.54) is 4.90 Å². The summed E-state index contributed by atoms with van der Waals surface area (Å²) in [5, 5.41) is 14.5. The van der Waals surface area contributed by atoms with Crippen molar-refractivity contribution in [1.82, 2.24) is 24.4 Å². The van der Waals surface area contributed by atoms with Crippen LogP contribution in [-0.4, -0.2) is 60.7 Å². The number of ether oxygens (including phenoxy) is 1. The summed E-state index contributed by atoms with van der Waals surface area (Å²) in [6.07, 6.45) is 3.83. The molecule has 0 unspecified atom stereocenters. The summed E-state index contributed by atoms with van der Waals surface area (Å²) in [4.78, 5) is 40.0. The molecule has 12 heteroatoms. The number of nitrogens with one attached hydrogen (secondary N) is 2. The van der Waals surface area contributed by atoms with Gasteiger partial charge in [-0.1, -0.05) is 71.7 Å². The van der Waals surface area contributed by atoms with E-state index in [1.54, 1.807) is 36.8 Å². The molecule has 1 aliphatic heterocycles. The van der Waals surface area contributed by atoms with E-state index in [1.807, 2.05) is 60.7 Å². The zero-order chi connectivity index (χ0) is 34.1. The number of nitrogens with zero attached hydrogens (tertiary/aromatic N) is 4. The van der Waals surface area contributed by atoms with Crippen LogP contribution in [0.1, 0.15) is 41.9 Å². The second-order valence-corrected chi connectivity index (χ2v) is 12.8. The normalized spacial score (nSPS) is 15.0. The Labute approximate surface area is 292 Å². The Hall–Kier alpha value is -5.32. The van der Waals surface area contributed by atoms with Crippen LogP contribution in [-0.2, 0) is 0 Å². The molecule has 49 heavy (non-hydrogen) atoms. The third-order valence-corrected chi connectivity index (χ3v) is 9.38. The summed E-state index contributed by atoms with van der Waals surface area (Å²) in [7, 11) is 0. The predicted molar refractivity (Wildman–Crippen MR) is 191 cm³/mol. The highest BCUT2D eigenvalue weighted by atomic mass is 35.5. The molecule has 6 aromatic rings. The summed E-state index contributed by atoms with van der Waals surface area (Å²) in [5.41, 5.74) is 5.31. The molecule has 248 valence electrons. The van der Waals surface area contributed by atoms with E-state index < -0.39 is 12.0 Å². The first-order chi connectivity index (χ1) is 23.8. The van der Waals surface area contributed by atoms with Crippen molar-refractivity contribution in [3.63, 3.8) is 0 Å². The smallest absolute Gasteiger partial charge is 0.407 e. The van der Waals surface area contributed by atoms with Gasteiger partial charge in [-0.25, -0.2) is 14.8 Å². The van der Waals surface area contributed by atoms with Gasteiger partial charge in [0.05, 0.1) is 29.8 Å². The van der Waals surface area contributed by atoms with Gasteiger partial charge in [-0.05, 0) is 61.7 Å². The number of H-pyrrole nitrogens is 1. The van der Waals surface area contributed by atoms with Crippen LogP contribution in [0, 0.1) is 0 Å². The minimum absolute atomic E-state index is 0.116. The summed E-state index contributed by atoms with van der Waals surface area (Å²) in [6, 6.07) is 25.9. The maximum absolute atomic E-state index is 14.4. The number of pyridine rings is 1. The minimum atomic E-state index is -0.980. The van der Waals surface area contributed by atoms with E-state index in [0.717, 1.165) is 28.6 Å². The Balaban J connectivity index is 1.32. The van der Waals surface area contributed by atoms with E-state index in [0.29, 0.717) is 51.2 Å². The number of rotatable bonds is 9. The first kappa shape index (κ1) is 32.2. The lowest BCUT2D eigenvalue weighted by atomic mass is 9.99. The van der Waals surface area contributed by atoms with Gasteiger partial charge in [0.25, 0.3) is 5.91 Å². The van der Waals surface area contributed by atoms with Gasteiger partial charge in [0.15, 0.2) is 0 Å². The van der Waals surface area contributed by atoms with E-state index in [9.17, 15) is 14.7 Å². The fraction of sp³-hybridized carbons (Fsp3) is 0.189. The van der Waals surface area contributed by atoms with Gasteiger partial charge in [0, 0.05) is 44.8 Å². The van der Waals surface area contributed by atoms with Gasteiger partial charge in [0.1, 0.15) is 18.0 Å². The number of benzene rings is 3. The molecule has 0 spiro atoms. The van der Waals surface area contributed by atoms with Crippen molar-refractivity contribution < 1.29 is 19.4 Å². The third kappa shape index (κ3) is 6.45. The highest BCUT2D eigenvalue weighted by Gasteiger charge is 2.30. The summed E-state index contributed by atoms with van der Waals surface area (Å²) >= 11 is 12.7. The fourth-order valence-corrected chi connectivity index (χ4v) is 6.72. The Morgan fingerprint density at radius 1 is 1.02 bits per heavy atom. The van der Waals surface area contributed by atoms with Crippen molar-refractivity contribution in [2.45, 2.75) is 31.8 Å². The first-order valence-electron chi connectivity index (χ1n) is 15.9. The molecule has 4 heterocycles. The van der Waals surface area contributed by atoms with Crippen LogP contribution in [0.5, 0.6) is 5.88 Å². The zero-order valence-corrected chi connectivity index (χ0v) is 27.9. The molecule has 1 aliphatic rings. The molecule has 1 fully saturated rings. The number of hydrogen-bond donors (Lipinski definition) is 3. The summed E-state index contributed by atoms with van der Waals surface area (Å²) in [5.74, 6) is -0.237. The predicted octanol–water partition coefficient (Wildman–Crippen LogP) is 8.78. The molecule has 3 aromatic carbocycles. The van der Waals surface area contributed by atoms with Crippen LogP contribution in [0.4, 0.5) is 10.5 Å². The molecule has 2 amide bonds. The summed E-state index contributed by atoms with van der Waals surface area (Å²) < 4.78 is 8.08. The van der Waals surface area contributed by atoms with Gasteiger partial charge < -0.3 is 29.6 Å². The molecule has 10 nitrogen and oxygen atoms in total. The van der Waals surface area contributed by atoms with E-state index in [-0.39, 0.29) is 24.6 Å². The number of carbonyl (C=O) groups is 2. The molecular formula is C37H32Cl2N6O4. The van der Waals surface area contributed by atoms with Crippen molar-refractivity contribution in [3.8, 4) is 28.4 Å². The van der Waals surface area contributed by atoms with Crippen LogP contribution in [0.3, 0.4) is 0 Å². The van der Waals surface area contributed by atoms with Gasteiger partial charge in [-0.15, -0.1) is 0 Å². The average Bonchev–Trinajstić information content (AvgIpc) is 3.85. The van der Waals surface area contributed by atoms with Crippen molar-refractivity contribution in [2.75, 3.05) is 18.5 Å². The number of hydrogen-bond acceptors (Lipinski definition) is 5. The third-order valence-electron chi connectivity index (χ3n) is 8.89.